The molecule has 6 fully saturated rings. The van der Waals surface area contributed by atoms with E-state index >= 15 is 0 Å². The van der Waals surface area contributed by atoms with Crippen LogP contribution in [0.15, 0.2) is 23.6 Å². The number of carbonyl (C=O) groups excluding carboxylic acids is 2. The molecule has 4 aliphatic carbocycles. The minimum atomic E-state index is -1.60. The van der Waals surface area contributed by atoms with Gasteiger partial charge in [-0.3, -0.25) is 4.79 Å². The van der Waals surface area contributed by atoms with Crippen LogP contribution in [-0.2, 0) is 19.1 Å². The lowest BCUT2D eigenvalue weighted by molar-refractivity contribution is -0.157. The number of ketones is 1. The van der Waals surface area contributed by atoms with Gasteiger partial charge >= 0.3 is 5.97 Å². The fourth-order valence-corrected chi connectivity index (χ4v) is 9.31. The molecule has 0 aromatic heterocycles. The molecule has 6 heteroatoms. The molecule has 2 heterocycles. The van der Waals surface area contributed by atoms with Crippen LogP contribution >= 0.6 is 0 Å². The molecule has 4 saturated carbocycles. The zero-order chi connectivity index (χ0) is 24.9. The van der Waals surface area contributed by atoms with Crippen LogP contribution in [0.2, 0.25) is 0 Å². The number of aliphatic hydroxyl groups is 1. The molecule has 2 saturated heterocycles. The van der Waals surface area contributed by atoms with E-state index in [-0.39, 0.29) is 35.4 Å². The summed E-state index contributed by atoms with van der Waals surface area (Å²) in [5.74, 6) is -0.262. The van der Waals surface area contributed by atoms with E-state index in [0.717, 1.165) is 19.3 Å². The minimum absolute atomic E-state index is 0.00458. The highest BCUT2D eigenvalue weighted by molar-refractivity contribution is 6.21. The van der Waals surface area contributed by atoms with Crippen molar-refractivity contribution in [1.29, 1.82) is 0 Å². The number of aliphatic hydroxyl groups excluding tert-OH is 1. The molecule has 0 aromatic carbocycles. The molecule has 6 aliphatic rings. The van der Waals surface area contributed by atoms with Crippen molar-refractivity contribution in [2.75, 3.05) is 13.2 Å². The van der Waals surface area contributed by atoms with Gasteiger partial charge in [0.25, 0.3) is 0 Å². The molecule has 1 N–H and O–H groups in total. The molecule has 2 unspecified atom stereocenters. The number of ether oxygens (including phenoxy) is 2. The van der Waals surface area contributed by atoms with E-state index in [1.165, 1.54) is 19.3 Å². The van der Waals surface area contributed by atoms with Gasteiger partial charge in [-0.2, -0.15) is 0 Å². The Kier molecular flexibility index (Phi) is 5.00. The van der Waals surface area contributed by atoms with Crippen molar-refractivity contribution in [3.8, 4) is 0 Å². The zero-order valence-corrected chi connectivity index (χ0v) is 21.8. The minimum Gasteiger partial charge on any atom is -0.511 e. The largest absolute Gasteiger partial charge is 0.511 e. The molecule has 4 bridgehead atoms. The normalized spacial score (nSPS) is 44.6. The predicted molar refractivity (Wildman–Crippen MR) is 129 cm³/mol. The second-order valence-corrected chi connectivity index (χ2v) is 13.9. The Balaban J connectivity index is 1.54. The third kappa shape index (κ3) is 3.23. The standard InChI is InChI=1S/C28H41NO5/c1-8-33-23(32)28-16-34-22(24(3,4)5)29(28)17(2)20(21(28)31)19(30)12-27-11-18-9-25(6,14-27)13-26(7,10-18)15-27/h18,22,30H,2,8-16H2,1,3-7H3/b20-19+/t18?,22-,25?,26?,27?,28-/m1/s1. The summed E-state index contributed by atoms with van der Waals surface area (Å²) in [5.41, 5.74) is -0.753. The molecule has 188 valence electrons. The summed E-state index contributed by atoms with van der Waals surface area (Å²) in [7, 11) is 0. The van der Waals surface area contributed by atoms with Gasteiger partial charge in [0.2, 0.25) is 11.3 Å². The van der Waals surface area contributed by atoms with Crippen molar-refractivity contribution in [3.05, 3.63) is 23.6 Å². The maximum Gasteiger partial charge on any atom is 0.342 e. The van der Waals surface area contributed by atoms with Gasteiger partial charge < -0.3 is 19.5 Å². The Morgan fingerprint density at radius 1 is 1.18 bits per heavy atom. The molecule has 0 spiro atoms. The van der Waals surface area contributed by atoms with Crippen LogP contribution in [-0.4, -0.2) is 46.7 Å². The Labute approximate surface area is 203 Å². The van der Waals surface area contributed by atoms with Crippen LogP contribution in [0.5, 0.6) is 0 Å². The van der Waals surface area contributed by atoms with Crippen LogP contribution in [0.4, 0.5) is 0 Å². The van der Waals surface area contributed by atoms with E-state index < -0.39 is 23.5 Å². The summed E-state index contributed by atoms with van der Waals surface area (Å²) >= 11 is 0. The maximum atomic E-state index is 14.0. The number of allylic oxidation sites excluding steroid dienone is 2. The second kappa shape index (κ2) is 7.11. The van der Waals surface area contributed by atoms with Crippen LogP contribution in [0.3, 0.4) is 0 Å². The van der Waals surface area contributed by atoms with Gasteiger partial charge in [-0.15, -0.1) is 0 Å². The quantitative estimate of drug-likeness (QED) is 0.260. The van der Waals surface area contributed by atoms with Crippen LogP contribution in [0.1, 0.15) is 86.5 Å². The van der Waals surface area contributed by atoms with Crippen molar-refractivity contribution >= 4 is 11.8 Å². The number of hydrogen-bond acceptors (Lipinski definition) is 6. The van der Waals surface area contributed by atoms with E-state index in [2.05, 4.69) is 20.4 Å². The van der Waals surface area contributed by atoms with Crippen LogP contribution in [0, 0.1) is 27.6 Å². The monoisotopic (exact) mass is 471 g/mol. The molecule has 4 atom stereocenters. The first-order valence-electron chi connectivity index (χ1n) is 12.9. The van der Waals surface area contributed by atoms with E-state index in [0.29, 0.717) is 28.9 Å². The lowest BCUT2D eigenvalue weighted by Gasteiger charge is -2.65. The number of hydrogen-bond donors (Lipinski definition) is 1. The summed E-state index contributed by atoms with van der Waals surface area (Å²) < 4.78 is 11.4. The number of nitrogens with zero attached hydrogens (tertiary/aromatic N) is 1. The fraction of sp³-hybridized carbons (Fsp3) is 0.786. The molecule has 0 radical (unpaired) electrons. The molecule has 6 nitrogen and oxygen atoms in total. The van der Waals surface area contributed by atoms with Crippen molar-refractivity contribution in [3.63, 3.8) is 0 Å². The van der Waals surface area contributed by atoms with Crippen molar-refractivity contribution in [2.24, 2.45) is 27.6 Å². The van der Waals surface area contributed by atoms with Gasteiger partial charge in [-0.25, -0.2) is 4.79 Å². The predicted octanol–water partition coefficient (Wildman–Crippen LogP) is 5.29. The van der Waals surface area contributed by atoms with Crippen molar-refractivity contribution in [1.82, 2.24) is 4.90 Å². The molecule has 34 heavy (non-hydrogen) atoms. The van der Waals surface area contributed by atoms with E-state index in [9.17, 15) is 14.7 Å². The number of carbonyl (C=O) groups is 2. The van der Waals surface area contributed by atoms with Gasteiger partial charge in [0.15, 0.2) is 0 Å². The van der Waals surface area contributed by atoms with E-state index in [1.54, 1.807) is 11.8 Å². The number of esters is 1. The van der Waals surface area contributed by atoms with Gasteiger partial charge in [0.05, 0.1) is 18.8 Å². The molecule has 6 rings (SSSR count). The summed E-state index contributed by atoms with van der Waals surface area (Å²) in [4.78, 5) is 28.9. The maximum absolute atomic E-state index is 14.0. The third-order valence-electron chi connectivity index (χ3n) is 9.20. The summed E-state index contributed by atoms with van der Waals surface area (Å²) in [6.07, 6.45) is 7.05. The average Bonchev–Trinajstić information content (AvgIpc) is 3.15. The lowest BCUT2D eigenvalue weighted by atomic mass is 9.40. The number of rotatable bonds is 4. The Morgan fingerprint density at radius 3 is 2.32 bits per heavy atom. The number of fused-ring (bicyclic) bond motifs is 1. The summed E-state index contributed by atoms with van der Waals surface area (Å²) in [6.45, 7) is 16.9. The first-order chi connectivity index (χ1) is 15.7. The average molecular weight is 472 g/mol. The molecule has 0 aromatic rings. The van der Waals surface area contributed by atoms with Crippen molar-refractivity contribution in [2.45, 2.75) is 98.3 Å². The second-order valence-electron chi connectivity index (χ2n) is 13.9. The van der Waals surface area contributed by atoms with Crippen molar-refractivity contribution < 1.29 is 24.2 Å². The van der Waals surface area contributed by atoms with Gasteiger partial charge in [0.1, 0.15) is 12.0 Å². The Bertz CT molecular complexity index is 971. The summed E-state index contributed by atoms with van der Waals surface area (Å²) in [5, 5.41) is 11.6. The smallest absolute Gasteiger partial charge is 0.342 e. The molecule has 0 amide bonds. The lowest BCUT2D eigenvalue weighted by Crippen LogP contribution is -2.56. The Hall–Kier alpha value is -1.82. The van der Waals surface area contributed by atoms with Gasteiger partial charge in [-0.05, 0) is 67.6 Å². The van der Waals surface area contributed by atoms with Gasteiger partial charge in [0, 0.05) is 17.5 Å². The van der Waals surface area contributed by atoms with Gasteiger partial charge in [-0.1, -0.05) is 41.2 Å². The van der Waals surface area contributed by atoms with E-state index in [1.807, 2.05) is 20.8 Å². The van der Waals surface area contributed by atoms with Crippen LogP contribution in [0.25, 0.3) is 0 Å². The third-order valence-corrected chi connectivity index (χ3v) is 9.20. The highest BCUT2D eigenvalue weighted by Gasteiger charge is 2.68. The zero-order valence-electron chi connectivity index (χ0n) is 21.8. The topological polar surface area (TPSA) is 76.1 Å². The highest BCUT2D eigenvalue weighted by Crippen LogP contribution is 2.71. The summed E-state index contributed by atoms with van der Waals surface area (Å²) in [6, 6.07) is 0. The molecular formula is C28H41NO5. The van der Waals surface area contributed by atoms with Crippen LogP contribution < -0.4 is 0 Å². The molecule has 2 aliphatic heterocycles. The highest BCUT2D eigenvalue weighted by atomic mass is 16.6. The molecular weight excluding hydrogens is 430 g/mol. The first kappa shape index (κ1) is 23.9. The SMILES string of the molecule is C=C1/C(=C(\O)CC23CC4CC(C)(CC(C)(C4)C2)C3)C(=O)[C@@]2(C(=O)OCC)CO[C@H](C(C)(C)C)N12. The fourth-order valence-electron chi connectivity index (χ4n) is 9.31. The van der Waals surface area contributed by atoms with E-state index in [4.69, 9.17) is 9.47 Å². The number of Topliss-reactive ketones (excluding diaryl/α,β-unsaturated/α-hetero) is 1. The first-order valence-corrected chi connectivity index (χ1v) is 12.9. The Morgan fingerprint density at radius 2 is 1.79 bits per heavy atom.